The standard InChI is InChI=1S/C24H31N3O2S/c1-18-3-7-21(8-4-18)23(25-19(2)28)17-24(29)26-22-9-5-20(6-10-22)11-12-27-13-15-30-16-14-27/h3-10,23H,11-17H2,1-2H3,(H,25,28)(H,26,29). The van der Waals surface area contributed by atoms with Gasteiger partial charge >= 0.3 is 0 Å². The molecule has 5 nitrogen and oxygen atoms in total. The largest absolute Gasteiger partial charge is 0.349 e. The number of benzene rings is 2. The van der Waals surface area contributed by atoms with E-state index >= 15 is 0 Å². The molecule has 2 N–H and O–H groups in total. The second-order valence-electron chi connectivity index (χ2n) is 7.82. The van der Waals surface area contributed by atoms with Crippen molar-refractivity contribution in [2.75, 3.05) is 36.5 Å². The fourth-order valence-corrected chi connectivity index (χ4v) is 4.54. The summed E-state index contributed by atoms with van der Waals surface area (Å²) in [4.78, 5) is 26.7. The fourth-order valence-electron chi connectivity index (χ4n) is 3.56. The van der Waals surface area contributed by atoms with E-state index < -0.39 is 0 Å². The number of hydrogen-bond donors (Lipinski definition) is 2. The molecule has 2 aromatic rings. The van der Waals surface area contributed by atoms with Crippen molar-refractivity contribution in [3.8, 4) is 0 Å². The maximum absolute atomic E-state index is 12.6. The monoisotopic (exact) mass is 425 g/mol. The summed E-state index contributed by atoms with van der Waals surface area (Å²) >= 11 is 2.03. The minimum atomic E-state index is -0.343. The van der Waals surface area contributed by atoms with Gasteiger partial charge in [0.05, 0.1) is 12.5 Å². The first-order chi connectivity index (χ1) is 14.5. The zero-order valence-electron chi connectivity index (χ0n) is 17.8. The highest BCUT2D eigenvalue weighted by atomic mass is 32.2. The molecule has 1 saturated heterocycles. The molecule has 30 heavy (non-hydrogen) atoms. The van der Waals surface area contributed by atoms with E-state index in [0.717, 1.165) is 29.8 Å². The van der Waals surface area contributed by atoms with Crippen LogP contribution in [0.1, 0.15) is 36.1 Å². The summed E-state index contributed by atoms with van der Waals surface area (Å²) in [6.45, 7) is 6.92. The fraction of sp³-hybridized carbons (Fsp3) is 0.417. The minimum Gasteiger partial charge on any atom is -0.349 e. The van der Waals surface area contributed by atoms with E-state index in [0.29, 0.717) is 0 Å². The quantitative estimate of drug-likeness (QED) is 0.676. The van der Waals surface area contributed by atoms with E-state index in [2.05, 4.69) is 27.7 Å². The Bertz CT molecular complexity index is 831. The Morgan fingerprint density at radius 1 is 1.03 bits per heavy atom. The van der Waals surface area contributed by atoms with Crippen molar-refractivity contribution in [3.63, 3.8) is 0 Å². The van der Waals surface area contributed by atoms with Gasteiger partial charge in [-0.05, 0) is 36.6 Å². The Labute approximate surface area is 183 Å². The lowest BCUT2D eigenvalue weighted by Crippen LogP contribution is -2.34. The summed E-state index contributed by atoms with van der Waals surface area (Å²) < 4.78 is 0. The smallest absolute Gasteiger partial charge is 0.226 e. The molecule has 3 rings (SSSR count). The van der Waals surface area contributed by atoms with Gasteiger partial charge in [-0.25, -0.2) is 0 Å². The van der Waals surface area contributed by atoms with Gasteiger partial charge in [0.1, 0.15) is 0 Å². The first kappa shape index (κ1) is 22.4. The highest BCUT2D eigenvalue weighted by Crippen LogP contribution is 2.19. The molecule has 6 heteroatoms. The van der Waals surface area contributed by atoms with Crippen molar-refractivity contribution in [1.82, 2.24) is 10.2 Å². The molecular weight excluding hydrogens is 394 g/mol. The molecule has 0 bridgehead atoms. The van der Waals surface area contributed by atoms with Crippen LogP contribution in [0.4, 0.5) is 5.69 Å². The molecule has 1 heterocycles. The van der Waals surface area contributed by atoms with Gasteiger partial charge in [0.2, 0.25) is 11.8 Å². The van der Waals surface area contributed by atoms with Crippen LogP contribution in [0.25, 0.3) is 0 Å². The van der Waals surface area contributed by atoms with E-state index in [-0.39, 0.29) is 24.3 Å². The Kier molecular flexibility index (Phi) is 8.34. The summed E-state index contributed by atoms with van der Waals surface area (Å²) in [7, 11) is 0. The van der Waals surface area contributed by atoms with Crippen molar-refractivity contribution in [1.29, 1.82) is 0 Å². The lowest BCUT2D eigenvalue weighted by molar-refractivity contribution is -0.120. The van der Waals surface area contributed by atoms with Crippen LogP contribution < -0.4 is 10.6 Å². The van der Waals surface area contributed by atoms with Crippen molar-refractivity contribution in [2.45, 2.75) is 32.7 Å². The van der Waals surface area contributed by atoms with Gasteiger partial charge in [-0.3, -0.25) is 9.59 Å². The third kappa shape index (κ3) is 7.18. The third-order valence-corrected chi connectivity index (χ3v) is 6.25. The number of aryl methyl sites for hydroxylation is 1. The van der Waals surface area contributed by atoms with E-state index in [4.69, 9.17) is 0 Å². The molecule has 0 aliphatic carbocycles. The molecule has 1 unspecified atom stereocenters. The van der Waals surface area contributed by atoms with Crippen molar-refractivity contribution in [2.24, 2.45) is 0 Å². The molecule has 1 atom stereocenters. The van der Waals surface area contributed by atoms with Crippen molar-refractivity contribution in [3.05, 3.63) is 65.2 Å². The summed E-state index contributed by atoms with van der Waals surface area (Å²) in [6.07, 6.45) is 1.22. The van der Waals surface area contributed by atoms with Gasteiger partial charge in [0, 0.05) is 43.8 Å². The van der Waals surface area contributed by atoms with E-state index in [1.807, 2.05) is 55.1 Å². The highest BCUT2D eigenvalue weighted by Gasteiger charge is 2.17. The Balaban J connectivity index is 1.53. The Morgan fingerprint density at radius 2 is 1.70 bits per heavy atom. The second kappa shape index (κ2) is 11.2. The van der Waals surface area contributed by atoms with Crippen LogP contribution in [0, 0.1) is 6.92 Å². The number of carbonyl (C=O) groups is 2. The molecule has 2 amide bonds. The van der Waals surface area contributed by atoms with E-state index in [1.165, 1.54) is 37.1 Å². The number of hydrogen-bond acceptors (Lipinski definition) is 4. The van der Waals surface area contributed by atoms with Crippen LogP contribution in [0.3, 0.4) is 0 Å². The molecule has 0 spiro atoms. The van der Waals surface area contributed by atoms with Crippen LogP contribution in [0.15, 0.2) is 48.5 Å². The number of thioether (sulfide) groups is 1. The number of rotatable bonds is 8. The molecule has 0 saturated carbocycles. The average molecular weight is 426 g/mol. The highest BCUT2D eigenvalue weighted by molar-refractivity contribution is 7.99. The predicted octanol–water partition coefficient (Wildman–Crippen LogP) is 3.79. The number of nitrogens with one attached hydrogen (secondary N) is 2. The lowest BCUT2D eigenvalue weighted by Gasteiger charge is -2.26. The van der Waals surface area contributed by atoms with Gasteiger partial charge in [-0.2, -0.15) is 11.8 Å². The number of amides is 2. The molecule has 1 aliphatic heterocycles. The lowest BCUT2D eigenvalue weighted by atomic mass is 10.0. The van der Waals surface area contributed by atoms with Gasteiger partial charge in [0.15, 0.2) is 0 Å². The maximum Gasteiger partial charge on any atom is 0.226 e. The number of carbonyl (C=O) groups excluding carboxylic acids is 2. The first-order valence-electron chi connectivity index (χ1n) is 10.5. The zero-order valence-corrected chi connectivity index (χ0v) is 18.6. The van der Waals surface area contributed by atoms with Crippen molar-refractivity contribution < 1.29 is 9.59 Å². The van der Waals surface area contributed by atoms with Crippen LogP contribution >= 0.6 is 11.8 Å². The Hall–Kier alpha value is -2.31. The molecule has 1 fully saturated rings. The molecule has 160 valence electrons. The zero-order chi connectivity index (χ0) is 21.3. The molecular formula is C24H31N3O2S. The Morgan fingerprint density at radius 3 is 2.33 bits per heavy atom. The first-order valence-corrected chi connectivity index (χ1v) is 11.7. The van der Waals surface area contributed by atoms with Gasteiger partial charge in [-0.15, -0.1) is 0 Å². The normalized spacial score (nSPS) is 15.4. The molecule has 0 radical (unpaired) electrons. The van der Waals surface area contributed by atoms with Gasteiger partial charge < -0.3 is 15.5 Å². The predicted molar refractivity (Wildman–Crippen MR) is 125 cm³/mol. The van der Waals surface area contributed by atoms with Gasteiger partial charge in [0.25, 0.3) is 0 Å². The van der Waals surface area contributed by atoms with Crippen LogP contribution in [-0.2, 0) is 16.0 Å². The average Bonchev–Trinajstić information content (AvgIpc) is 2.74. The maximum atomic E-state index is 12.6. The molecule has 1 aliphatic rings. The second-order valence-corrected chi connectivity index (χ2v) is 9.04. The SMILES string of the molecule is CC(=O)NC(CC(=O)Nc1ccc(CCN2CCSCC2)cc1)c1ccc(C)cc1. The topological polar surface area (TPSA) is 61.4 Å². The summed E-state index contributed by atoms with van der Waals surface area (Å²) in [5, 5.41) is 5.84. The van der Waals surface area contributed by atoms with Crippen LogP contribution in [-0.4, -0.2) is 47.9 Å². The number of anilines is 1. The van der Waals surface area contributed by atoms with Gasteiger partial charge in [-0.1, -0.05) is 42.0 Å². The summed E-state index contributed by atoms with van der Waals surface area (Å²) in [5.74, 6) is 2.19. The van der Waals surface area contributed by atoms with Crippen molar-refractivity contribution >= 4 is 29.3 Å². The number of nitrogens with zero attached hydrogens (tertiary/aromatic N) is 1. The summed E-state index contributed by atoms with van der Waals surface area (Å²) in [5.41, 5.74) is 4.13. The third-order valence-electron chi connectivity index (χ3n) is 5.30. The molecule has 2 aromatic carbocycles. The van der Waals surface area contributed by atoms with E-state index in [1.54, 1.807) is 0 Å². The van der Waals surface area contributed by atoms with Crippen LogP contribution in [0.2, 0.25) is 0 Å². The molecule has 0 aromatic heterocycles. The summed E-state index contributed by atoms with van der Waals surface area (Å²) in [6, 6.07) is 15.6. The van der Waals surface area contributed by atoms with Crippen LogP contribution in [0.5, 0.6) is 0 Å². The minimum absolute atomic E-state index is 0.118. The van der Waals surface area contributed by atoms with E-state index in [9.17, 15) is 9.59 Å².